The highest BCUT2D eigenvalue weighted by Gasteiger charge is 2.24. The van der Waals surface area contributed by atoms with Crippen molar-refractivity contribution in [3.8, 4) is 0 Å². The number of rotatable bonds is 5. The molecule has 1 aliphatic heterocycles. The van der Waals surface area contributed by atoms with Crippen molar-refractivity contribution in [2.75, 3.05) is 13.2 Å². The van der Waals surface area contributed by atoms with Gasteiger partial charge in [0.1, 0.15) is 0 Å². The Kier molecular flexibility index (Phi) is 4.66. The zero-order chi connectivity index (χ0) is 13.0. The van der Waals surface area contributed by atoms with E-state index in [1.165, 1.54) is 0 Å². The quantitative estimate of drug-likeness (QED) is 0.853. The lowest BCUT2D eigenvalue weighted by atomic mass is 10.0. The number of hydrogen-bond acceptors (Lipinski definition) is 5. The average molecular weight is 253 g/mol. The summed E-state index contributed by atoms with van der Waals surface area (Å²) < 4.78 is 7.53. The van der Waals surface area contributed by atoms with Gasteiger partial charge in [-0.05, 0) is 42.7 Å². The van der Waals surface area contributed by atoms with E-state index in [0.29, 0.717) is 18.1 Å². The van der Waals surface area contributed by atoms with Crippen molar-refractivity contribution >= 4 is 0 Å². The molecule has 0 aromatic carbocycles. The summed E-state index contributed by atoms with van der Waals surface area (Å²) in [5.74, 6) is 1.56. The largest absolute Gasteiger partial charge is 0.378 e. The molecule has 1 saturated heterocycles. The van der Waals surface area contributed by atoms with E-state index in [0.717, 1.165) is 38.4 Å². The predicted octanol–water partition coefficient (Wildman–Crippen LogP) is 1.16. The average Bonchev–Trinajstić information content (AvgIpc) is 2.77. The fraction of sp³-hybridized carbons (Fsp3) is 0.917. The number of hydrogen-bond donors (Lipinski definition) is 1. The Morgan fingerprint density at radius 2 is 2.33 bits per heavy atom. The van der Waals surface area contributed by atoms with E-state index in [1.54, 1.807) is 0 Å². The second kappa shape index (κ2) is 6.24. The SMILES string of the molecule is CC(C)CNCc1nnnn1C1CCOC(C)C1. The van der Waals surface area contributed by atoms with Gasteiger partial charge >= 0.3 is 0 Å². The lowest BCUT2D eigenvalue weighted by Gasteiger charge is -2.27. The molecule has 2 rings (SSSR count). The highest BCUT2D eigenvalue weighted by molar-refractivity contribution is 4.86. The topological polar surface area (TPSA) is 64.9 Å². The molecule has 0 spiro atoms. The monoisotopic (exact) mass is 253 g/mol. The molecule has 1 aromatic rings. The molecule has 1 aliphatic rings. The molecule has 1 fully saturated rings. The van der Waals surface area contributed by atoms with Gasteiger partial charge in [0.25, 0.3) is 0 Å². The van der Waals surface area contributed by atoms with Crippen molar-refractivity contribution < 1.29 is 4.74 Å². The van der Waals surface area contributed by atoms with Gasteiger partial charge in [-0.25, -0.2) is 4.68 Å². The van der Waals surface area contributed by atoms with Crippen molar-refractivity contribution in [2.45, 2.75) is 52.3 Å². The molecule has 2 unspecified atom stereocenters. The van der Waals surface area contributed by atoms with Gasteiger partial charge in [-0.2, -0.15) is 0 Å². The Hall–Kier alpha value is -1.01. The summed E-state index contributed by atoms with van der Waals surface area (Å²) in [4.78, 5) is 0. The summed E-state index contributed by atoms with van der Waals surface area (Å²) in [5.41, 5.74) is 0. The van der Waals surface area contributed by atoms with Gasteiger partial charge in [-0.1, -0.05) is 13.8 Å². The second-order valence-electron chi connectivity index (χ2n) is 5.42. The van der Waals surface area contributed by atoms with Crippen LogP contribution in [0.25, 0.3) is 0 Å². The van der Waals surface area contributed by atoms with Gasteiger partial charge in [0.2, 0.25) is 0 Å². The highest BCUT2D eigenvalue weighted by Crippen LogP contribution is 2.24. The minimum Gasteiger partial charge on any atom is -0.378 e. The van der Waals surface area contributed by atoms with Crippen LogP contribution in [0.1, 0.15) is 45.5 Å². The molecule has 0 aliphatic carbocycles. The van der Waals surface area contributed by atoms with Gasteiger partial charge < -0.3 is 10.1 Å². The third kappa shape index (κ3) is 3.49. The maximum Gasteiger partial charge on any atom is 0.165 e. The molecule has 6 nitrogen and oxygen atoms in total. The van der Waals surface area contributed by atoms with Crippen LogP contribution in [0.4, 0.5) is 0 Å². The Morgan fingerprint density at radius 1 is 1.50 bits per heavy atom. The van der Waals surface area contributed by atoms with E-state index in [9.17, 15) is 0 Å². The van der Waals surface area contributed by atoms with E-state index in [-0.39, 0.29) is 0 Å². The van der Waals surface area contributed by atoms with Crippen molar-refractivity contribution in [1.29, 1.82) is 0 Å². The molecule has 6 heteroatoms. The molecule has 0 saturated carbocycles. The first-order valence-corrected chi connectivity index (χ1v) is 6.76. The zero-order valence-corrected chi connectivity index (χ0v) is 11.5. The van der Waals surface area contributed by atoms with Crippen LogP contribution in [0.3, 0.4) is 0 Å². The Bertz CT molecular complexity index is 365. The predicted molar refractivity (Wildman–Crippen MR) is 68.0 cm³/mol. The first kappa shape index (κ1) is 13.4. The molecule has 2 heterocycles. The maximum absolute atomic E-state index is 5.56. The molecular weight excluding hydrogens is 230 g/mol. The third-order valence-electron chi connectivity index (χ3n) is 3.20. The summed E-state index contributed by atoms with van der Waals surface area (Å²) >= 11 is 0. The molecule has 2 atom stereocenters. The summed E-state index contributed by atoms with van der Waals surface area (Å²) in [6, 6.07) is 0.375. The van der Waals surface area contributed by atoms with Crippen molar-refractivity contribution in [3.63, 3.8) is 0 Å². The lowest BCUT2D eigenvalue weighted by Crippen LogP contribution is -2.29. The lowest BCUT2D eigenvalue weighted by molar-refractivity contribution is 0.00248. The van der Waals surface area contributed by atoms with Crippen molar-refractivity contribution in [1.82, 2.24) is 25.5 Å². The number of tetrazole rings is 1. The second-order valence-corrected chi connectivity index (χ2v) is 5.42. The van der Waals surface area contributed by atoms with Crippen LogP contribution in [0.5, 0.6) is 0 Å². The smallest absolute Gasteiger partial charge is 0.165 e. The van der Waals surface area contributed by atoms with Gasteiger partial charge in [-0.3, -0.25) is 0 Å². The van der Waals surface area contributed by atoms with Crippen molar-refractivity contribution in [2.24, 2.45) is 5.92 Å². The fourth-order valence-corrected chi connectivity index (χ4v) is 2.28. The maximum atomic E-state index is 5.56. The number of ether oxygens (including phenoxy) is 1. The fourth-order valence-electron chi connectivity index (χ4n) is 2.28. The van der Waals surface area contributed by atoms with Crippen LogP contribution >= 0.6 is 0 Å². The molecule has 0 bridgehead atoms. The molecule has 1 N–H and O–H groups in total. The Balaban J connectivity index is 1.94. The molecule has 0 amide bonds. The summed E-state index contributed by atoms with van der Waals surface area (Å²) in [6.07, 6.45) is 2.28. The highest BCUT2D eigenvalue weighted by atomic mass is 16.5. The standard InChI is InChI=1S/C12H23N5O/c1-9(2)7-13-8-12-14-15-16-17(12)11-4-5-18-10(3)6-11/h9-11,13H,4-8H2,1-3H3. The van der Waals surface area contributed by atoms with Crippen LogP contribution in [0.2, 0.25) is 0 Å². The van der Waals surface area contributed by atoms with E-state index in [4.69, 9.17) is 4.74 Å². The Morgan fingerprint density at radius 3 is 3.06 bits per heavy atom. The van der Waals surface area contributed by atoms with E-state index < -0.39 is 0 Å². The van der Waals surface area contributed by atoms with Crippen molar-refractivity contribution in [3.05, 3.63) is 5.82 Å². The van der Waals surface area contributed by atoms with E-state index in [1.807, 2.05) is 4.68 Å². The normalized spacial score (nSPS) is 24.7. The number of nitrogens with zero attached hydrogens (tertiary/aromatic N) is 4. The summed E-state index contributed by atoms with van der Waals surface area (Å²) in [5, 5.41) is 15.4. The van der Waals surface area contributed by atoms with Crippen LogP contribution in [-0.2, 0) is 11.3 Å². The van der Waals surface area contributed by atoms with E-state index in [2.05, 4.69) is 41.6 Å². The molecule has 0 radical (unpaired) electrons. The van der Waals surface area contributed by atoms with Crippen LogP contribution in [0, 0.1) is 5.92 Å². The van der Waals surface area contributed by atoms with E-state index >= 15 is 0 Å². The van der Waals surface area contributed by atoms with Gasteiger partial charge in [0.15, 0.2) is 5.82 Å². The minimum atomic E-state index is 0.296. The molecule has 102 valence electrons. The summed E-state index contributed by atoms with van der Waals surface area (Å²) in [6.45, 7) is 9.00. The number of aromatic nitrogens is 4. The first-order chi connectivity index (χ1) is 8.66. The molecule has 1 aromatic heterocycles. The zero-order valence-electron chi connectivity index (χ0n) is 11.5. The minimum absolute atomic E-state index is 0.296. The van der Waals surface area contributed by atoms with Gasteiger partial charge in [-0.15, -0.1) is 5.10 Å². The van der Waals surface area contributed by atoms with Crippen LogP contribution in [0.15, 0.2) is 0 Å². The van der Waals surface area contributed by atoms with Gasteiger partial charge in [0, 0.05) is 6.61 Å². The van der Waals surface area contributed by atoms with Crippen LogP contribution in [-0.4, -0.2) is 39.5 Å². The van der Waals surface area contributed by atoms with Gasteiger partial charge in [0.05, 0.1) is 18.7 Å². The third-order valence-corrected chi connectivity index (χ3v) is 3.20. The first-order valence-electron chi connectivity index (χ1n) is 6.76. The molecular formula is C12H23N5O. The molecule has 18 heavy (non-hydrogen) atoms. The Labute approximate surface area is 108 Å². The number of nitrogens with one attached hydrogen (secondary N) is 1. The summed E-state index contributed by atoms with van der Waals surface area (Å²) in [7, 11) is 0. The van der Waals surface area contributed by atoms with Crippen LogP contribution < -0.4 is 5.32 Å².